The summed E-state index contributed by atoms with van der Waals surface area (Å²) in [4.78, 5) is 14.4. The Morgan fingerprint density at radius 2 is 1.79 bits per heavy atom. The van der Waals surface area contributed by atoms with E-state index >= 15 is 0 Å². The summed E-state index contributed by atoms with van der Waals surface area (Å²) in [5, 5.41) is 0. The van der Waals surface area contributed by atoms with Crippen LogP contribution in [0.15, 0.2) is 24.3 Å². The lowest BCUT2D eigenvalue weighted by molar-refractivity contribution is 0.0689. The first kappa shape index (κ1) is 14.1. The van der Waals surface area contributed by atoms with Gasteiger partial charge in [-0.05, 0) is 42.4 Å². The van der Waals surface area contributed by atoms with E-state index in [0.717, 1.165) is 37.4 Å². The Bertz CT molecular complexity index is 413. The molecule has 104 valence electrons. The van der Waals surface area contributed by atoms with Crippen LogP contribution < -0.4 is 0 Å². The maximum absolute atomic E-state index is 12.4. The predicted molar refractivity (Wildman–Crippen MR) is 79.4 cm³/mol. The molecule has 1 fully saturated rings. The number of hydrogen-bond donors (Lipinski definition) is 0. The van der Waals surface area contributed by atoms with Crippen LogP contribution in [-0.4, -0.2) is 23.9 Å². The van der Waals surface area contributed by atoms with Crippen molar-refractivity contribution in [1.82, 2.24) is 4.90 Å². The molecule has 19 heavy (non-hydrogen) atoms. The van der Waals surface area contributed by atoms with Gasteiger partial charge in [0, 0.05) is 18.7 Å². The van der Waals surface area contributed by atoms with Crippen molar-refractivity contribution >= 4 is 5.91 Å². The number of carbonyl (C=O) groups is 1. The average molecular weight is 259 g/mol. The summed E-state index contributed by atoms with van der Waals surface area (Å²) < 4.78 is 0. The normalized spacial score (nSPS) is 16.9. The number of carbonyl (C=O) groups excluding carboxylic acids is 1. The molecule has 0 spiro atoms. The van der Waals surface area contributed by atoms with Gasteiger partial charge in [-0.1, -0.05) is 39.3 Å². The zero-order valence-corrected chi connectivity index (χ0v) is 12.4. The topological polar surface area (TPSA) is 20.3 Å². The van der Waals surface area contributed by atoms with Crippen molar-refractivity contribution in [2.24, 2.45) is 5.92 Å². The van der Waals surface area contributed by atoms with E-state index < -0.39 is 0 Å². The molecule has 1 heterocycles. The second kappa shape index (κ2) is 6.23. The van der Waals surface area contributed by atoms with Crippen LogP contribution in [0, 0.1) is 5.92 Å². The average Bonchev–Trinajstić information content (AvgIpc) is 2.46. The molecule has 0 saturated carbocycles. The fraction of sp³-hybridized carbons (Fsp3) is 0.588. The minimum Gasteiger partial charge on any atom is -0.339 e. The Morgan fingerprint density at radius 3 is 2.26 bits per heavy atom. The van der Waals surface area contributed by atoms with Gasteiger partial charge in [-0.3, -0.25) is 4.79 Å². The van der Waals surface area contributed by atoms with E-state index in [-0.39, 0.29) is 5.91 Å². The van der Waals surface area contributed by atoms with Crippen LogP contribution in [0.25, 0.3) is 0 Å². The Kier molecular flexibility index (Phi) is 4.62. The highest BCUT2D eigenvalue weighted by atomic mass is 16.2. The summed E-state index contributed by atoms with van der Waals surface area (Å²) in [5.41, 5.74) is 2.13. The molecular formula is C17H25NO. The Hall–Kier alpha value is -1.31. The summed E-state index contributed by atoms with van der Waals surface area (Å²) in [6, 6.07) is 8.11. The van der Waals surface area contributed by atoms with E-state index in [0.29, 0.717) is 5.92 Å². The first-order valence-corrected chi connectivity index (χ1v) is 7.51. The van der Waals surface area contributed by atoms with Gasteiger partial charge >= 0.3 is 0 Å². The van der Waals surface area contributed by atoms with E-state index in [1.54, 1.807) is 0 Å². The molecule has 1 aromatic rings. The largest absolute Gasteiger partial charge is 0.339 e. The molecular weight excluding hydrogens is 234 g/mol. The number of nitrogens with zero attached hydrogens (tertiary/aromatic N) is 1. The van der Waals surface area contributed by atoms with Crippen LogP contribution in [-0.2, 0) is 0 Å². The highest BCUT2D eigenvalue weighted by molar-refractivity contribution is 5.94. The molecule has 1 aromatic carbocycles. The number of benzene rings is 1. The van der Waals surface area contributed by atoms with E-state index in [4.69, 9.17) is 0 Å². The van der Waals surface area contributed by atoms with Crippen molar-refractivity contribution in [3.8, 4) is 0 Å². The van der Waals surface area contributed by atoms with Gasteiger partial charge in [0.1, 0.15) is 0 Å². The van der Waals surface area contributed by atoms with E-state index in [1.165, 1.54) is 12.0 Å². The van der Waals surface area contributed by atoms with Crippen molar-refractivity contribution in [2.45, 2.75) is 46.0 Å². The molecule has 0 radical (unpaired) electrons. The van der Waals surface area contributed by atoms with Crippen LogP contribution in [0.3, 0.4) is 0 Å². The van der Waals surface area contributed by atoms with Crippen molar-refractivity contribution in [1.29, 1.82) is 0 Å². The molecule has 0 N–H and O–H groups in total. The maximum Gasteiger partial charge on any atom is 0.253 e. The third-order valence-corrected chi connectivity index (χ3v) is 4.30. The monoisotopic (exact) mass is 259 g/mol. The highest BCUT2D eigenvalue weighted by Crippen LogP contribution is 2.22. The fourth-order valence-corrected chi connectivity index (χ4v) is 2.74. The standard InChI is InChI=1S/C17H25NO/c1-4-14-9-11-18(12-10-14)17(19)16-7-5-15(6-8-16)13(2)3/h5-8,13-14H,4,9-12H2,1-3H3. The quantitative estimate of drug-likeness (QED) is 0.801. The maximum atomic E-state index is 12.4. The van der Waals surface area contributed by atoms with Crippen molar-refractivity contribution in [3.63, 3.8) is 0 Å². The highest BCUT2D eigenvalue weighted by Gasteiger charge is 2.22. The molecule has 1 aliphatic rings. The molecule has 0 atom stereocenters. The Balaban J connectivity index is 2.00. The van der Waals surface area contributed by atoms with Crippen molar-refractivity contribution in [3.05, 3.63) is 35.4 Å². The third kappa shape index (κ3) is 3.37. The molecule has 2 nitrogen and oxygen atoms in total. The van der Waals surface area contributed by atoms with Crippen molar-refractivity contribution < 1.29 is 4.79 Å². The Labute approximate surface area is 116 Å². The number of piperidine rings is 1. The molecule has 0 unspecified atom stereocenters. The van der Waals surface area contributed by atoms with E-state index in [2.05, 4.69) is 32.9 Å². The second-order valence-corrected chi connectivity index (χ2v) is 5.92. The number of hydrogen-bond acceptors (Lipinski definition) is 1. The molecule has 0 bridgehead atoms. The SMILES string of the molecule is CCC1CCN(C(=O)c2ccc(C(C)C)cc2)CC1. The smallest absolute Gasteiger partial charge is 0.253 e. The zero-order chi connectivity index (χ0) is 13.8. The molecule has 0 aromatic heterocycles. The van der Waals surface area contributed by atoms with Gasteiger partial charge < -0.3 is 4.90 Å². The van der Waals surface area contributed by atoms with Crippen LogP contribution in [0.1, 0.15) is 61.9 Å². The molecule has 1 aliphatic heterocycles. The molecule has 2 heteroatoms. The lowest BCUT2D eigenvalue weighted by Gasteiger charge is -2.31. The van der Waals surface area contributed by atoms with Crippen LogP contribution in [0.2, 0.25) is 0 Å². The summed E-state index contributed by atoms with van der Waals surface area (Å²) in [5.74, 6) is 1.53. The minimum atomic E-state index is 0.199. The lowest BCUT2D eigenvalue weighted by Crippen LogP contribution is -2.38. The Morgan fingerprint density at radius 1 is 1.21 bits per heavy atom. The molecule has 2 rings (SSSR count). The summed E-state index contributed by atoms with van der Waals surface area (Å²) in [7, 11) is 0. The molecule has 0 aliphatic carbocycles. The van der Waals surface area contributed by atoms with Crippen LogP contribution in [0.5, 0.6) is 0 Å². The van der Waals surface area contributed by atoms with E-state index in [9.17, 15) is 4.79 Å². The molecule has 1 saturated heterocycles. The van der Waals surface area contributed by atoms with Gasteiger partial charge in [0.15, 0.2) is 0 Å². The first-order chi connectivity index (χ1) is 9.11. The summed E-state index contributed by atoms with van der Waals surface area (Å²) in [6.07, 6.45) is 3.56. The summed E-state index contributed by atoms with van der Waals surface area (Å²) in [6.45, 7) is 8.43. The lowest BCUT2D eigenvalue weighted by atomic mass is 9.94. The zero-order valence-electron chi connectivity index (χ0n) is 12.4. The minimum absolute atomic E-state index is 0.199. The van der Waals surface area contributed by atoms with Gasteiger partial charge in [0.2, 0.25) is 0 Å². The van der Waals surface area contributed by atoms with Gasteiger partial charge in [0.25, 0.3) is 5.91 Å². The fourth-order valence-electron chi connectivity index (χ4n) is 2.74. The second-order valence-electron chi connectivity index (χ2n) is 5.92. The van der Waals surface area contributed by atoms with Gasteiger partial charge in [-0.15, -0.1) is 0 Å². The summed E-state index contributed by atoms with van der Waals surface area (Å²) >= 11 is 0. The van der Waals surface area contributed by atoms with Gasteiger partial charge in [0.05, 0.1) is 0 Å². The molecule has 1 amide bonds. The van der Waals surface area contributed by atoms with Crippen LogP contribution in [0.4, 0.5) is 0 Å². The van der Waals surface area contributed by atoms with Crippen LogP contribution >= 0.6 is 0 Å². The number of amides is 1. The first-order valence-electron chi connectivity index (χ1n) is 7.51. The van der Waals surface area contributed by atoms with Gasteiger partial charge in [-0.25, -0.2) is 0 Å². The van der Waals surface area contributed by atoms with Crippen molar-refractivity contribution in [2.75, 3.05) is 13.1 Å². The van der Waals surface area contributed by atoms with Gasteiger partial charge in [-0.2, -0.15) is 0 Å². The van der Waals surface area contributed by atoms with E-state index in [1.807, 2.05) is 17.0 Å². The number of rotatable bonds is 3. The third-order valence-electron chi connectivity index (χ3n) is 4.30. The predicted octanol–water partition coefficient (Wildman–Crippen LogP) is 4.07. The number of likely N-dealkylation sites (tertiary alicyclic amines) is 1.